The number of rotatable bonds is 3. The zero-order valence-corrected chi connectivity index (χ0v) is 14.6. The highest BCUT2D eigenvalue weighted by molar-refractivity contribution is 8.00. The molecule has 4 nitrogen and oxygen atoms in total. The second kappa shape index (κ2) is 6.51. The molecule has 0 saturated carbocycles. The highest BCUT2D eigenvalue weighted by atomic mass is 32.2. The standard InChI is InChI=1S/C16H23NO3S2/c1-2-14-5-3-4-6-15(14)22(18,19)17-9-12-21-16(13-17)7-10-20-11-8-16/h3-6H,2,7-13H2,1H3. The number of benzene rings is 1. The van der Waals surface area contributed by atoms with Gasteiger partial charge in [-0.15, -0.1) is 0 Å². The van der Waals surface area contributed by atoms with Crippen LogP contribution in [0, 0.1) is 0 Å². The van der Waals surface area contributed by atoms with Crippen molar-refractivity contribution in [2.75, 3.05) is 32.1 Å². The molecule has 2 saturated heterocycles. The number of nitrogens with zero attached hydrogens (tertiary/aromatic N) is 1. The van der Waals surface area contributed by atoms with Crippen molar-refractivity contribution in [2.24, 2.45) is 0 Å². The lowest BCUT2D eigenvalue weighted by Gasteiger charge is -2.43. The van der Waals surface area contributed by atoms with Crippen molar-refractivity contribution in [3.05, 3.63) is 29.8 Å². The third-order valence-corrected chi connectivity index (χ3v) is 8.07. The molecule has 1 aromatic rings. The molecule has 0 radical (unpaired) electrons. The molecule has 3 rings (SSSR count). The van der Waals surface area contributed by atoms with Crippen molar-refractivity contribution in [2.45, 2.75) is 35.8 Å². The topological polar surface area (TPSA) is 46.6 Å². The van der Waals surface area contributed by atoms with E-state index in [2.05, 4.69) is 0 Å². The molecule has 22 heavy (non-hydrogen) atoms. The van der Waals surface area contributed by atoms with Crippen LogP contribution in [0.3, 0.4) is 0 Å². The van der Waals surface area contributed by atoms with Crippen LogP contribution < -0.4 is 0 Å². The SMILES string of the molecule is CCc1ccccc1S(=O)(=O)N1CCSC2(CCOCC2)C1. The van der Waals surface area contributed by atoms with E-state index in [1.807, 2.05) is 36.9 Å². The van der Waals surface area contributed by atoms with E-state index >= 15 is 0 Å². The highest BCUT2D eigenvalue weighted by Gasteiger charge is 2.42. The van der Waals surface area contributed by atoms with Gasteiger partial charge in [0, 0.05) is 36.8 Å². The summed E-state index contributed by atoms with van der Waals surface area (Å²) in [6, 6.07) is 7.38. The lowest BCUT2D eigenvalue weighted by atomic mass is 9.99. The number of sulfonamides is 1. The summed E-state index contributed by atoms with van der Waals surface area (Å²) in [5.41, 5.74) is 0.904. The maximum absolute atomic E-state index is 13.1. The second-order valence-corrected chi connectivity index (χ2v) is 9.41. The third kappa shape index (κ3) is 3.07. The van der Waals surface area contributed by atoms with Crippen molar-refractivity contribution in [1.82, 2.24) is 4.31 Å². The Morgan fingerprint density at radius 3 is 2.73 bits per heavy atom. The normalized spacial score (nSPS) is 22.8. The third-order valence-electron chi connectivity index (χ3n) is 4.59. The van der Waals surface area contributed by atoms with Gasteiger partial charge in [0.15, 0.2) is 0 Å². The molecule has 0 bridgehead atoms. The van der Waals surface area contributed by atoms with E-state index in [1.165, 1.54) is 0 Å². The zero-order chi connectivity index (χ0) is 15.6. The van der Waals surface area contributed by atoms with Crippen LogP contribution in [0.25, 0.3) is 0 Å². The average molecular weight is 341 g/mol. The van der Waals surface area contributed by atoms with Crippen molar-refractivity contribution in [3.63, 3.8) is 0 Å². The lowest BCUT2D eigenvalue weighted by molar-refractivity contribution is 0.0711. The maximum atomic E-state index is 13.1. The minimum atomic E-state index is -3.40. The molecule has 6 heteroatoms. The quantitative estimate of drug-likeness (QED) is 0.848. The Hall–Kier alpha value is -0.560. The number of hydrogen-bond acceptors (Lipinski definition) is 4. The van der Waals surface area contributed by atoms with E-state index in [0.717, 1.165) is 43.8 Å². The van der Waals surface area contributed by atoms with Crippen molar-refractivity contribution in [3.8, 4) is 0 Å². The Morgan fingerprint density at radius 2 is 2.00 bits per heavy atom. The average Bonchev–Trinajstić information content (AvgIpc) is 2.55. The summed E-state index contributed by atoms with van der Waals surface area (Å²) in [5.74, 6) is 0.869. The van der Waals surface area contributed by atoms with Gasteiger partial charge in [-0.1, -0.05) is 25.1 Å². The van der Waals surface area contributed by atoms with Gasteiger partial charge in [-0.05, 0) is 30.9 Å². The zero-order valence-electron chi connectivity index (χ0n) is 13.0. The smallest absolute Gasteiger partial charge is 0.243 e. The number of hydrogen-bond donors (Lipinski definition) is 0. The Morgan fingerprint density at radius 1 is 1.27 bits per heavy atom. The van der Waals surface area contributed by atoms with Gasteiger partial charge in [-0.2, -0.15) is 16.1 Å². The number of aryl methyl sites for hydroxylation is 1. The highest BCUT2D eigenvalue weighted by Crippen LogP contribution is 2.40. The van der Waals surface area contributed by atoms with Gasteiger partial charge >= 0.3 is 0 Å². The molecule has 2 heterocycles. The van der Waals surface area contributed by atoms with Crippen molar-refractivity contribution >= 4 is 21.8 Å². The molecule has 2 fully saturated rings. The van der Waals surface area contributed by atoms with Gasteiger partial charge in [0.1, 0.15) is 0 Å². The van der Waals surface area contributed by atoms with Crippen molar-refractivity contribution < 1.29 is 13.2 Å². The molecule has 0 aliphatic carbocycles. The van der Waals surface area contributed by atoms with E-state index in [-0.39, 0.29) is 4.75 Å². The Bertz CT molecular complexity index is 619. The minimum absolute atomic E-state index is 0.0464. The predicted molar refractivity (Wildman–Crippen MR) is 89.8 cm³/mol. The Balaban J connectivity index is 1.88. The molecule has 0 amide bonds. The maximum Gasteiger partial charge on any atom is 0.243 e. The molecule has 2 aliphatic rings. The van der Waals surface area contributed by atoms with Crippen LogP contribution in [0.5, 0.6) is 0 Å². The number of ether oxygens (including phenoxy) is 1. The molecule has 2 aliphatic heterocycles. The van der Waals surface area contributed by atoms with E-state index < -0.39 is 10.0 Å². The fraction of sp³-hybridized carbons (Fsp3) is 0.625. The largest absolute Gasteiger partial charge is 0.381 e. The Labute approximate surface area is 137 Å². The van der Waals surface area contributed by atoms with Crippen LogP contribution in [0.1, 0.15) is 25.3 Å². The summed E-state index contributed by atoms with van der Waals surface area (Å²) in [6.07, 6.45) is 2.62. The monoisotopic (exact) mass is 341 g/mol. The van der Waals surface area contributed by atoms with Gasteiger partial charge in [-0.3, -0.25) is 0 Å². The first kappa shape index (κ1) is 16.3. The molecule has 122 valence electrons. The molecular weight excluding hydrogens is 318 g/mol. The predicted octanol–water partition coefficient (Wildman–Crippen LogP) is 2.54. The molecular formula is C16H23NO3S2. The van der Waals surface area contributed by atoms with Gasteiger partial charge in [0.25, 0.3) is 0 Å². The fourth-order valence-electron chi connectivity index (χ4n) is 3.25. The molecule has 0 aromatic heterocycles. The van der Waals surface area contributed by atoms with Gasteiger partial charge in [0.2, 0.25) is 10.0 Å². The first-order chi connectivity index (χ1) is 10.6. The van der Waals surface area contributed by atoms with Crippen LogP contribution in [-0.2, 0) is 21.2 Å². The summed E-state index contributed by atoms with van der Waals surface area (Å²) in [6.45, 7) is 4.70. The van der Waals surface area contributed by atoms with Gasteiger partial charge in [-0.25, -0.2) is 8.42 Å². The van der Waals surface area contributed by atoms with Crippen LogP contribution in [0.4, 0.5) is 0 Å². The molecule has 0 atom stereocenters. The molecule has 0 N–H and O–H groups in total. The fourth-order valence-corrected chi connectivity index (χ4v) is 6.71. The van der Waals surface area contributed by atoms with E-state index in [4.69, 9.17) is 4.74 Å². The Kier molecular flexibility index (Phi) is 4.83. The molecule has 1 spiro atoms. The van der Waals surface area contributed by atoms with E-state index in [9.17, 15) is 8.42 Å². The van der Waals surface area contributed by atoms with Gasteiger partial charge in [0.05, 0.1) is 4.90 Å². The summed E-state index contributed by atoms with van der Waals surface area (Å²) >= 11 is 1.93. The van der Waals surface area contributed by atoms with Crippen LogP contribution in [0.2, 0.25) is 0 Å². The first-order valence-electron chi connectivity index (χ1n) is 7.87. The van der Waals surface area contributed by atoms with E-state index in [0.29, 0.717) is 18.0 Å². The second-order valence-electron chi connectivity index (χ2n) is 5.94. The minimum Gasteiger partial charge on any atom is -0.381 e. The van der Waals surface area contributed by atoms with Crippen LogP contribution >= 0.6 is 11.8 Å². The number of thioether (sulfide) groups is 1. The summed E-state index contributed by atoms with van der Waals surface area (Å²) in [5, 5.41) is 0. The summed E-state index contributed by atoms with van der Waals surface area (Å²) in [4.78, 5) is 0.478. The van der Waals surface area contributed by atoms with Gasteiger partial charge < -0.3 is 4.74 Å². The van der Waals surface area contributed by atoms with E-state index in [1.54, 1.807) is 10.4 Å². The summed E-state index contributed by atoms with van der Waals surface area (Å²) in [7, 11) is -3.40. The molecule has 0 unspecified atom stereocenters. The lowest BCUT2D eigenvalue weighted by Crippen LogP contribution is -2.51. The van der Waals surface area contributed by atoms with Crippen LogP contribution in [-0.4, -0.2) is 49.5 Å². The summed E-state index contributed by atoms with van der Waals surface area (Å²) < 4.78 is 33.4. The molecule has 1 aromatic carbocycles. The van der Waals surface area contributed by atoms with Crippen LogP contribution in [0.15, 0.2) is 29.2 Å². The first-order valence-corrected chi connectivity index (χ1v) is 10.3. The van der Waals surface area contributed by atoms with Crippen molar-refractivity contribution in [1.29, 1.82) is 0 Å².